The molecule has 20 heavy (non-hydrogen) atoms. The van der Waals surface area contributed by atoms with E-state index in [0.717, 1.165) is 5.69 Å². The topological polar surface area (TPSA) is 85.2 Å². The van der Waals surface area contributed by atoms with Crippen molar-refractivity contribution in [3.8, 4) is 11.8 Å². The van der Waals surface area contributed by atoms with Gasteiger partial charge in [-0.25, -0.2) is 14.3 Å². The maximum atomic E-state index is 8.66. The summed E-state index contributed by atoms with van der Waals surface area (Å²) in [4.78, 5) is 3.83. The number of rotatable bonds is 3. The van der Waals surface area contributed by atoms with E-state index in [-0.39, 0.29) is 5.82 Å². The molecule has 0 amide bonds. The van der Waals surface area contributed by atoms with Crippen molar-refractivity contribution in [1.82, 2.24) is 29.8 Å². The van der Waals surface area contributed by atoms with E-state index in [4.69, 9.17) is 16.9 Å². The van der Waals surface area contributed by atoms with E-state index in [1.54, 1.807) is 23.0 Å². The normalized spacial score (nSPS) is 10.4. The SMILES string of the molecule is N#Cc1ncn(Cc2cn(-c3ccc(Cl)cc3)nn2)n1. The lowest BCUT2D eigenvalue weighted by atomic mass is 10.3. The lowest BCUT2D eigenvalue weighted by Gasteiger charge is -1.99. The number of hydrogen-bond acceptors (Lipinski definition) is 5. The zero-order valence-corrected chi connectivity index (χ0v) is 10.9. The molecule has 1 aromatic carbocycles. The third-order valence-electron chi connectivity index (χ3n) is 2.59. The van der Waals surface area contributed by atoms with Crippen LogP contribution in [0.15, 0.2) is 36.8 Å². The summed E-state index contributed by atoms with van der Waals surface area (Å²) in [5, 5.41) is 21.4. The number of nitriles is 1. The lowest BCUT2D eigenvalue weighted by Crippen LogP contribution is -2.00. The van der Waals surface area contributed by atoms with Crippen LogP contribution in [-0.4, -0.2) is 29.8 Å². The summed E-state index contributed by atoms with van der Waals surface area (Å²) in [5.74, 6) is 0.134. The Hall–Kier alpha value is -2.72. The van der Waals surface area contributed by atoms with Gasteiger partial charge < -0.3 is 0 Å². The third kappa shape index (κ3) is 2.50. The largest absolute Gasteiger partial charge is 0.252 e. The summed E-state index contributed by atoms with van der Waals surface area (Å²) in [7, 11) is 0. The Morgan fingerprint density at radius 1 is 1.25 bits per heavy atom. The van der Waals surface area contributed by atoms with Crippen LogP contribution >= 0.6 is 11.6 Å². The molecular formula is C12H8ClN7. The van der Waals surface area contributed by atoms with E-state index in [9.17, 15) is 0 Å². The molecule has 0 unspecified atom stereocenters. The quantitative estimate of drug-likeness (QED) is 0.727. The smallest absolute Gasteiger partial charge is 0.245 e. The predicted molar refractivity (Wildman–Crippen MR) is 70.2 cm³/mol. The van der Waals surface area contributed by atoms with E-state index < -0.39 is 0 Å². The van der Waals surface area contributed by atoms with Crippen molar-refractivity contribution in [2.45, 2.75) is 6.54 Å². The van der Waals surface area contributed by atoms with Crippen molar-refractivity contribution < 1.29 is 0 Å². The average molecular weight is 286 g/mol. The molecule has 0 aliphatic carbocycles. The van der Waals surface area contributed by atoms with Gasteiger partial charge in [0.15, 0.2) is 0 Å². The van der Waals surface area contributed by atoms with Gasteiger partial charge in [0.1, 0.15) is 18.1 Å². The van der Waals surface area contributed by atoms with Gasteiger partial charge in [0.25, 0.3) is 5.82 Å². The van der Waals surface area contributed by atoms with Gasteiger partial charge >= 0.3 is 0 Å². The van der Waals surface area contributed by atoms with Gasteiger partial charge in [0.2, 0.25) is 0 Å². The van der Waals surface area contributed by atoms with Crippen molar-refractivity contribution >= 4 is 11.6 Å². The lowest BCUT2D eigenvalue weighted by molar-refractivity contribution is 0.665. The number of halogens is 1. The van der Waals surface area contributed by atoms with Crippen molar-refractivity contribution in [3.05, 3.63) is 53.3 Å². The van der Waals surface area contributed by atoms with Crippen LogP contribution in [0.3, 0.4) is 0 Å². The van der Waals surface area contributed by atoms with E-state index in [2.05, 4.69) is 20.4 Å². The molecule has 8 heteroatoms. The van der Waals surface area contributed by atoms with Crippen molar-refractivity contribution in [2.75, 3.05) is 0 Å². The summed E-state index contributed by atoms with van der Waals surface area (Å²) in [6, 6.07) is 9.15. The van der Waals surface area contributed by atoms with Crippen molar-refractivity contribution in [1.29, 1.82) is 5.26 Å². The average Bonchev–Trinajstić information content (AvgIpc) is 3.09. The minimum absolute atomic E-state index is 0.134. The molecule has 98 valence electrons. The van der Waals surface area contributed by atoms with E-state index in [1.165, 1.54) is 11.0 Å². The van der Waals surface area contributed by atoms with Gasteiger partial charge in [-0.2, -0.15) is 5.26 Å². The Bertz CT molecular complexity index is 766. The first-order valence-corrected chi connectivity index (χ1v) is 6.09. The highest BCUT2D eigenvalue weighted by Gasteiger charge is 2.05. The number of aromatic nitrogens is 6. The third-order valence-corrected chi connectivity index (χ3v) is 2.84. The maximum absolute atomic E-state index is 8.66. The Labute approximate surface area is 119 Å². The van der Waals surface area contributed by atoms with E-state index in [1.807, 2.05) is 18.2 Å². The Balaban J connectivity index is 1.80. The summed E-state index contributed by atoms with van der Waals surface area (Å²) in [6.07, 6.45) is 3.27. The molecule has 3 aromatic rings. The highest BCUT2D eigenvalue weighted by Crippen LogP contribution is 2.12. The summed E-state index contributed by atoms with van der Waals surface area (Å²) >= 11 is 5.84. The Morgan fingerprint density at radius 2 is 2.05 bits per heavy atom. The fourth-order valence-electron chi connectivity index (χ4n) is 1.68. The first-order valence-electron chi connectivity index (χ1n) is 5.71. The zero-order chi connectivity index (χ0) is 13.9. The number of hydrogen-bond donors (Lipinski definition) is 0. The molecule has 0 aliphatic heterocycles. The van der Waals surface area contributed by atoms with Crippen LogP contribution in [0.4, 0.5) is 0 Å². The molecule has 2 aromatic heterocycles. The number of nitrogens with zero attached hydrogens (tertiary/aromatic N) is 7. The number of benzene rings is 1. The second kappa shape index (κ2) is 5.11. The van der Waals surface area contributed by atoms with Gasteiger partial charge in [-0.05, 0) is 24.3 Å². The first kappa shape index (κ1) is 12.3. The molecule has 0 saturated carbocycles. The molecular weight excluding hydrogens is 278 g/mol. The van der Waals surface area contributed by atoms with Crippen LogP contribution in [0, 0.1) is 11.3 Å². The van der Waals surface area contributed by atoms with E-state index in [0.29, 0.717) is 17.3 Å². The molecule has 3 rings (SSSR count). The van der Waals surface area contributed by atoms with Crippen molar-refractivity contribution in [3.63, 3.8) is 0 Å². The second-order valence-corrected chi connectivity index (χ2v) is 4.44. The first-order chi connectivity index (χ1) is 9.74. The van der Waals surface area contributed by atoms with Crippen molar-refractivity contribution in [2.24, 2.45) is 0 Å². The van der Waals surface area contributed by atoms with Gasteiger partial charge in [-0.15, -0.1) is 10.2 Å². The summed E-state index contributed by atoms with van der Waals surface area (Å²) in [6.45, 7) is 0.405. The monoisotopic (exact) mass is 285 g/mol. The van der Waals surface area contributed by atoms with Crippen LogP contribution in [0.5, 0.6) is 0 Å². The molecule has 0 aliphatic rings. The molecule has 0 atom stereocenters. The Kier molecular flexibility index (Phi) is 3.15. The second-order valence-electron chi connectivity index (χ2n) is 4.01. The highest BCUT2D eigenvalue weighted by atomic mass is 35.5. The molecule has 2 heterocycles. The van der Waals surface area contributed by atoms with Gasteiger partial charge in [0.05, 0.1) is 18.4 Å². The van der Waals surface area contributed by atoms with Gasteiger partial charge in [-0.1, -0.05) is 16.8 Å². The van der Waals surface area contributed by atoms with Gasteiger partial charge in [0, 0.05) is 5.02 Å². The Morgan fingerprint density at radius 3 is 2.75 bits per heavy atom. The molecule has 7 nitrogen and oxygen atoms in total. The minimum atomic E-state index is 0.134. The predicted octanol–water partition coefficient (Wildman–Crippen LogP) is 1.43. The zero-order valence-electron chi connectivity index (χ0n) is 10.2. The van der Waals surface area contributed by atoms with Crippen LogP contribution < -0.4 is 0 Å². The van der Waals surface area contributed by atoms with E-state index >= 15 is 0 Å². The minimum Gasteiger partial charge on any atom is -0.245 e. The van der Waals surface area contributed by atoms with Crippen LogP contribution in [0.1, 0.15) is 11.5 Å². The molecule has 0 N–H and O–H groups in total. The highest BCUT2D eigenvalue weighted by molar-refractivity contribution is 6.30. The summed E-state index contributed by atoms with van der Waals surface area (Å²) < 4.78 is 3.18. The van der Waals surface area contributed by atoms with Crippen LogP contribution in [0.2, 0.25) is 5.02 Å². The molecule has 0 spiro atoms. The molecule has 0 fully saturated rings. The molecule has 0 radical (unpaired) electrons. The maximum Gasteiger partial charge on any atom is 0.252 e. The summed E-state index contributed by atoms with van der Waals surface area (Å²) in [5.41, 5.74) is 1.58. The van der Waals surface area contributed by atoms with Gasteiger partial charge in [-0.3, -0.25) is 0 Å². The molecule has 0 saturated heterocycles. The molecule has 0 bridgehead atoms. The standard InChI is InChI=1S/C12H8ClN7/c13-9-1-3-11(4-2-9)20-7-10(16-18-20)6-19-8-15-12(5-14)17-19/h1-4,7-8H,6H2. The van der Waals surface area contributed by atoms with Crippen LogP contribution in [0.25, 0.3) is 5.69 Å². The fourth-order valence-corrected chi connectivity index (χ4v) is 1.80. The fraction of sp³-hybridized carbons (Fsp3) is 0.0833. The van der Waals surface area contributed by atoms with Crippen LogP contribution in [-0.2, 0) is 6.54 Å².